The molecule has 5 N–H and O–H groups in total. The molecule has 0 aliphatic rings. The Bertz CT molecular complexity index is 287. The highest BCUT2D eigenvalue weighted by atomic mass is 28.4. The Hall–Kier alpha value is 0.114. The van der Waals surface area contributed by atoms with Gasteiger partial charge in [-0.25, -0.2) is 0 Å². The molecule has 0 saturated carbocycles. The molecule has 0 aliphatic heterocycles. The Kier molecular flexibility index (Phi) is 20.1. The van der Waals surface area contributed by atoms with Gasteiger partial charge in [-0.2, -0.15) is 0 Å². The van der Waals surface area contributed by atoms with Crippen LogP contribution in [0.4, 0.5) is 0 Å². The van der Waals surface area contributed by atoms with E-state index in [4.69, 9.17) is 33.6 Å². The Balaban J connectivity index is 0. The zero-order chi connectivity index (χ0) is 20.3. The molecule has 0 spiro atoms. The molecule has 0 bridgehead atoms. The Morgan fingerprint density at radius 3 is 1.69 bits per heavy atom. The van der Waals surface area contributed by atoms with Crippen molar-refractivity contribution >= 4 is 17.4 Å². The summed E-state index contributed by atoms with van der Waals surface area (Å²) in [5.74, 6) is 0. The number of hydrogen-bond donors (Lipinski definition) is 3. The van der Waals surface area contributed by atoms with Crippen LogP contribution in [-0.4, -0.2) is 78.1 Å². The molecule has 0 aromatic rings. The summed E-state index contributed by atoms with van der Waals surface area (Å²) in [6, 6.07) is 1.83. The predicted molar refractivity (Wildman–Crippen MR) is 111 cm³/mol. The van der Waals surface area contributed by atoms with Crippen molar-refractivity contribution in [1.82, 2.24) is 5.32 Å². The van der Waals surface area contributed by atoms with Crippen molar-refractivity contribution in [3.05, 3.63) is 0 Å². The van der Waals surface area contributed by atoms with E-state index in [0.717, 1.165) is 57.8 Å². The van der Waals surface area contributed by atoms with E-state index in [2.05, 4.69) is 11.9 Å². The SMILES string of the molecule is CCO[Si](C)(CCCN)OCC.CO[Si](CCCNCCN)(OC)OC. The average molecular weight is 414 g/mol. The van der Waals surface area contributed by atoms with Gasteiger partial charge in [-0.3, -0.25) is 0 Å². The minimum atomic E-state index is -2.35. The van der Waals surface area contributed by atoms with Gasteiger partial charge in [0.2, 0.25) is 0 Å². The molecule has 0 atom stereocenters. The molecule has 0 heterocycles. The molecule has 10 heteroatoms. The summed E-state index contributed by atoms with van der Waals surface area (Å²) in [7, 11) is 0.695. The van der Waals surface area contributed by atoms with Gasteiger partial charge in [0.15, 0.2) is 0 Å². The summed E-state index contributed by atoms with van der Waals surface area (Å²) in [5.41, 5.74) is 10.8. The van der Waals surface area contributed by atoms with Gasteiger partial charge in [0.05, 0.1) is 0 Å². The minimum Gasteiger partial charge on any atom is -0.395 e. The highest BCUT2D eigenvalue weighted by Crippen LogP contribution is 2.15. The summed E-state index contributed by atoms with van der Waals surface area (Å²) >= 11 is 0. The fourth-order valence-corrected chi connectivity index (χ4v) is 6.59. The second-order valence-corrected chi connectivity index (χ2v) is 12.3. The van der Waals surface area contributed by atoms with Crippen LogP contribution in [0.3, 0.4) is 0 Å². The summed E-state index contributed by atoms with van der Waals surface area (Å²) in [5, 5.41) is 3.21. The lowest BCUT2D eigenvalue weighted by molar-refractivity contribution is 0.123. The Morgan fingerprint density at radius 1 is 0.769 bits per heavy atom. The molecule has 8 nitrogen and oxygen atoms in total. The van der Waals surface area contributed by atoms with E-state index in [0.29, 0.717) is 6.54 Å². The second kappa shape index (κ2) is 18.5. The molecule has 26 heavy (non-hydrogen) atoms. The third kappa shape index (κ3) is 14.2. The van der Waals surface area contributed by atoms with Crippen molar-refractivity contribution in [1.29, 1.82) is 0 Å². The van der Waals surface area contributed by atoms with E-state index >= 15 is 0 Å². The molecule has 0 rings (SSSR count). The molecule has 160 valence electrons. The fraction of sp³-hybridized carbons (Fsp3) is 1.00. The normalized spacial score (nSPS) is 12.0. The van der Waals surface area contributed by atoms with Gasteiger partial charge in [0.25, 0.3) is 0 Å². The van der Waals surface area contributed by atoms with Gasteiger partial charge in [-0.1, -0.05) is 0 Å². The highest BCUT2D eigenvalue weighted by molar-refractivity contribution is 6.66. The minimum absolute atomic E-state index is 0.668. The van der Waals surface area contributed by atoms with Crippen LogP contribution in [0.1, 0.15) is 26.7 Å². The summed E-state index contributed by atoms with van der Waals surface area (Å²) in [4.78, 5) is 0. The monoisotopic (exact) mass is 413 g/mol. The lowest BCUT2D eigenvalue weighted by atomic mass is 10.5. The van der Waals surface area contributed by atoms with Crippen LogP contribution in [0, 0.1) is 0 Å². The van der Waals surface area contributed by atoms with Gasteiger partial charge in [-0.15, -0.1) is 0 Å². The lowest BCUT2D eigenvalue weighted by Gasteiger charge is -2.25. The van der Waals surface area contributed by atoms with Crippen LogP contribution in [0.25, 0.3) is 0 Å². The van der Waals surface area contributed by atoms with Crippen LogP contribution in [0.5, 0.6) is 0 Å². The zero-order valence-corrected chi connectivity index (χ0v) is 19.8. The van der Waals surface area contributed by atoms with E-state index in [1.165, 1.54) is 0 Å². The van der Waals surface area contributed by atoms with Crippen LogP contribution in [0.15, 0.2) is 0 Å². The molecule has 0 aromatic carbocycles. The first-order valence-electron chi connectivity index (χ1n) is 9.47. The van der Waals surface area contributed by atoms with Crippen LogP contribution in [0.2, 0.25) is 18.6 Å². The van der Waals surface area contributed by atoms with Crippen LogP contribution >= 0.6 is 0 Å². The van der Waals surface area contributed by atoms with E-state index in [1.807, 2.05) is 13.8 Å². The van der Waals surface area contributed by atoms with Crippen molar-refractivity contribution in [2.45, 2.75) is 45.3 Å². The van der Waals surface area contributed by atoms with E-state index in [1.54, 1.807) is 21.3 Å². The fourth-order valence-electron chi connectivity index (χ4n) is 2.43. The molecule has 0 aliphatic carbocycles. The van der Waals surface area contributed by atoms with E-state index in [-0.39, 0.29) is 0 Å². The van der Waals surface area contributed by atoms with Gasteiger partial charge in [-0.05, 0) is 52.4 Å². The lowest BCUT2D eigenvalue weighted by Crippen LogP contribution is -2.43. The molecular formula is C16H43N3O5Si2. The summed E-state index contributed by atoms with van der Waals surface area (Å²) < 4.78 is 27.1. The first-order chi connectivity index (χ1) is 12.4. The third-order valence-electron chi connectivity index (χ3n) is 3.82. The first kappa shape index (κ1) is 28.3. The standard InChI is InChI=1S/C8H22N2O3Si.C8H21NO2Si/c1-11-14(12-2,13-3)8-4-6-10-7-5-9;1-4-10-12(3,11-5-2)8-6-7-9/h10H,4-9H2,1-3H3;4-9H2,1-3H3. The highest BCUT2D eigenvalue weighted by Gasteiger charge is 2.36. The van der Waals surface area contributed by atoms with Gasteiger partial charge in [0.1, 0.15) is 0 Å². The topological polar surface area (TPSA) is 110 Å². The first-order valence-corrected chi connectivity index (χ1v) is 13.9. The Morgan fingerprint density at radius 2 is 1.31 bits per heavy atom. The van der Waals surface area contributed by atoms with Gasteiger partial charge in [0, 0.05) is 53.7 Å². The van der Waals surface area contributed by atoms with Crippen LogP contribution in [-0.2, 0) is 22.1 Å². The third-order valence-corrected chi connectivity index (χ3v) is 9.72. The van der Waals surface area contributed by atoms with Crippen molar-refractivity contribution in [3.63, 3.8) is 0 Å². The smallest absolute Gasteiger partial charge is 0.395 e. The maximum absolute atomic E-state index is 5.63. The number of rotatable bonds is 16. The van der Waals surface area contributed by atoms with Crippen LogP contribution < -0.4 is 16.8 Å². The summed E-state index contributed by atoms with van der Waals surface area (Å²) in [6.07, 6.45) is 1.98. The molecule has 0 amide bonds. The van der Waals surface area contributed by atoms with Crippen molar-refractivity contribution < 1.29 is 22.1 Å². The van der Waals surface area contributed by atoms with Crippen molar-refractivity contribution in [2.75, 3.05) is 60.7 Å². The molecule has 0 aromatic heterocycles. The maximum atomic E-state index is 5.63. The number of hydrogen-bond acceptors (Lipinski definition) is 8. The molecular weight excluding hydrogens is 370 g/mol. The molecule has 0 radical (unpaired) electrons. The molecule has 0 saturated heterocycles. The number of nitrogens with one attached hydrogen (secondary N) is 1. The Labute approximate surface area is 162 Å². The zero-order valence-electron chi connectivity index (χ0n) is 17.8. The molecule has 0 fully saturated rings. The van der Waals surface area contributed by atoms with Gasteiger partial charge < -0.3 is 38.9 Å². The van der Waals surface area contributed by atoms with Gasteiger partial charge >= 0.3 is 17.4 Å². The van der Waals surface area contributed by atoms with Crippen molar-refractivity contribution in [3.8, 4) is 0 Å². The quantitative estimate of drug-likeness (QED) is 0.256. The summed E-state index contributed by atoms with van der Waals surface area (Å²) in [6.45, 7) is 10.8. The van der Waals surface area contributed by atoms with E-state index < -0.39 is 17.4 Å². The molecule has 0 unspecified atom stereocenters. The van der Waals surface area contributed by atoms with Crippen molar-refractivity contribution in [2.24, 2.45) is 11.5 Å². The predicted octanol–water partition coefficient (Wildman–Crippen LogP) is 1.28. The maximum Gasteiger partial charge on any atom is 0.500 e. The second-order valence-electron chi connectivity index (χ2n) is 5.83. The van der Waals surface area contributed by atoms with E-state index in [9.17, 15) is 0 Å². The number of nitrogens with two attached hydrogens (primary N) is 2. The largest absolute Gasteiger partial charge is 0.500 e. The average Bonchev–Trinajstić information content (AvgIpc) is 2.65.